The maximum Gasteiger partial charge on any atom is 0.198 e. The summed E-state index contributed by atoms with van der Waals surface area (Å²) in [4.78, 5) is 10.2. The van der Waals surface area contributed by atoms with Gasteiger partial charge in [0.05, 0.1) is 5.71 Å². The number of oxime groups is 1. The first kappa shape index (κ1) is 19.1. The minimum Gasteiger partial charge on any atom is -0.388 e. The average molecular weight is 356 g/mol. The number of aliphatic imine (C=N–C) groups is 1. The second-order valence-electron chi connectivity index (χ2n) is 7.60. The third kappa shape index (κ3) is 5.16. The summed E-state index contributed by atoms with van der Waals surface area (Å²) < 4.78 is 0. The molecule has 2 aliphatic rings. The molecule has 0 bridgehead atoms. The van der Waals surface area contributed by atoms with E-state index in [0.29, 0.717) is 18.5 Å². The van der Waals surface area contributed by atoms with E-state index in [1.54, 1.807) is 0 Å². The first-order valence-corrected chi connectivity index (χ1v) is 10.4. The molecular weight excluding hydrogens is 322 g/mol. The van der Waals surface area contributed by atoms with Crippen molar-refractivity contribution in [3.05, 3.63) is 34.9 Å². The molecule has 2 heterocycles. The van der Waals surface area contributed by atoms with Gasteiger partial charge in [0.15, 0.2) is 12.4 Å². The van der Waals surface area contributed by atoms with E-state index in [1.807, 2.05) is 0 Å². The molecule has 0 unspecified atom stereocenters. The van der Waals surface area contributed by atoms with E-state index in [9.17, 15) is 0 Å². The molecule has 1 N–H and O–H groups in total. The zero-order valence-corrected chi connectivity index (χ0v) is 16.4. The number of hydrogen-bond donors (Lipinski definition) is 1. The molecule has 3 rings (SSSR count). The van der Waals surface area contributed by atoms with Crippen molar-refractivity contribution in [2.24, 2.45) is 10.1 Å². The minimum atomic E-state index is 0.355. The number of amidine groups is 1. The summed E-state index contributed by atoms with van der Waals surface area (Å²) in [7, 11) is 0. The van der Waals surface area contributed by atoms with Crippen LogP contribution in [0.2, 0.25) is 0 Å². The van der Waals surface area contributed by atoms with Gasteiger partial charge in [-0.15, -0.1) is 0 Å². The Kier molecular flexibility index (Phi) is 7.24. The van der Waals surface area contributed by atoms with Gasteiger partial charge in [-0.05, 0) is 56.3 Å². The van der Waals surface area contributed by atoms with Crippen molar-refractivity contribution >= 4 is 11.5 Å². The molecule has 4 heteroatoms. The molecule has 0 saturated carbocycles. The molecule has 0 aromatic heterocycles. The fourth-order valence-electron chi connectivity index (χ4n) is 3.82. The van der Waals surface area contributed by atoms with Gasteiger partial charge in [0.1, 0.15) is 0 Å². The minimum absolute atomic E-state index is 0.355. The summed E-state index contributed by atoms with van der Waals surface area (Å²) in [5, 5.41) is 7.69. The lowest BCUT2D eigenvalue weighted by Crippen LogP contribution is -2.35. The Morgan fingerprint density at radius 1 is 1.15 bits per heavy atom. The lowest BCUT2D eigenvalue weighted by Gasteiger charge is -2.18. The second-order valence-corrected chi connectivity index (χ2v) is 7.60. The van der Waals surface area contributed by atoms with E-state index >= 15 is 0 Å². The summed E-state index contributed by atoms with van der Waals surface area (Å²) in [6, 6.07) is 6.96. The molecule has 4 nitrogen and oxygen atoms in total. The molecule has 0 amide bonds. The van der Waals surface area contributed by atoms with Crippen LogP contribution >= 0.6 is 0 Å². The number of rotatable bonds is 9. The average Bonchev–Trinajstić information content (AvgIpc) is 3.20. The molecule has 0 aliphatic carbocycles. The Morgan fingerprint density at radius 2 is 2.00 bits per heavy atom. The van der Waals surface area contributed by atoms with Gasteiger partial charge in [-0.25, -0.2) is 4.99 Å². The highest BCUT2D eigenvalue weighted by atomic mass is 16.6. The zero-order chi connectivity index (χ0) is 18.2. The molecule has 0 radical (unpaired) electrons. The number of nitrogens with zero attached hydrogens (tertiary/aromatic N) is 2. The van der Waals surface area contributed by atoms with Crippen molar-refractivity contribution < 1.29 is 4.84 Å². The van der Waals surface area contributed by atoms with E-state index in [1.165, 1.54) is 62.5 Å². The quantitative estimate of drug-likeness (QED) is 0.648. The molecule has 1 aromatic rings. The molecule has 1 fully saturated rings. The van der Waals surface area contributed by atoms with Crippen LogP contribution in [0, 0.1) is 6.92 Å². The lowest BCUT2D eigenvalue weighted by molar-refractivity contribution is 0.178. The van der Waals surface area contributed by atoms with Gasteiger partial charge in [0, 0.05) is 11.6 Å². The highest BCUT2D eigenvalue weighted by molar-refractivity contribution is 6.09. The second kappa shape index (κ2) is 9.86. The van der Waals surface area contributed by atoms with E-state index in [2.05, 4.69) is 42.5 Å². The van der Waals surface area contributed by atoms with Crippen LogP contribution in [-0.4, -0.2) is 30.7 Å². The molecule has 26 heavy (non-hydrogen) atoms. The van der Waals surface area contributed by atoms with Crippen LogP contribution < -0.4 is 5.32 Å². The van der Waals surface area contributed by atoms with Crippen molar-refractivity contribution in [3.63, 3.8) is 0 Å². The Labute approximate surface area is 158 Å². The maximum atomic E-state index is 5.46. The van der Waals surface area contributed by atoms with Crippen molar-refractivity contribution in [1.82, 2.24) is 5.32 Å². The maximum absolute atomic E-state index is 5.46. The van der Waals surface area contributed by atoms with Gasteiger partial charge < -0.3 is 10.2 Å². The number of benzene rings is 1. The van der Waals surface area contributed by atoms with Crippen LogP contribution in [0.3, 0.4) is 0 Å². The molecule has 0 spiro atoms. The molecular formula is C22H33N3O. The molecule has 1 aromatic carbocycles. The summed E-state index contributed by atoms with van der Waals surface area (Å²) in [6.45, 7) is 6.05. The van der Waals surface area contributed by atoms with Crippen LogP contribution in [0.5, 0.6) is 0 Å². The van der Waals surface area contributed by atoms with Gasteiger partial charge in [-0.1, -0.05) is 56.3 Å². The lowest BCUT2D eigenvalue weighted by atomic mass is 9.99. The fraction of sp³-hybridized carbons (Fsp3) is 0.636. The van der Waals surface area contributed by atoms with Crippen molar-refractivity contribution in [2.75, 3.05) is 13.2 Å². The van der Waals surface area contributed by atoms with Crippen molar-refractivity contribution in [2.45, 2.75) is 77.7 Å². The van der Waals surface area contributed by atoms with Gasteiger partial charge in [-0.2, -0.15) is 0 Å². The smallest absolute Gasteiger partial charge is 0.198 e. The number of aryl methyl sites for hydroxylation is 2. The van der Waals surface area contributed by atoms with E-state index in [0.717, 1.165) is 24.2 Å². The van der Waals surface area contributed by atoms with Crippen molar-refractivity contribution in [1.29, 1.82) is 0 Å². The van der Waals surface area contributed by atoms with E-state index < -0.39 is 0 Å². The third-order valence-electron chi connectivity index (χ3n) is 5.48. The normalized spacial score (nSPS) is 19.8. The fourth-order valence-corrected chi connectivity index (χ4v) is 3.82. The summed E-state index contributed by atoms with van der Waals surface area (Å²) in [5.74, 6) is 0.717. The van der Waals surface area contributed by atoms with Crippen LogP contribution in [-0.2, 0) is 11.3 Å². The first-order chi connectivity index (χ1) is 12.8. The molecule has 1 atom stereocenters. The highest BCUT2D eigenvalue weighted by Crippen LogP contribution is 2.18. The van der Waals surface area contributed by atoms with E-state index in [4.69, 9.17) is 9.83 Å². The number of unbranched alkanes of at least 4 members (excludes halogenated alkanes) is 5. The highest BCUT2D eigenvalue weighted by Gasteiger charge is 2.23. The van der Waals surface area contributed by atoms with Crippen LogP contribution in [0.15, 0.2) is 28.3 Å². The third-order valence-corrected chi connectivity index (χ3v) is 5.48. The largest absolute Gasteiger partial charge is 0.388 e. The molecule has 142 valence electrons. The molecule has 2 aliphatic heterocycles. The summed E-state index contributed by atoms with van der Waals surface area (Å²) in [5.41, 5.74) is 4.93. The van der Waals surface area contributed by atoms with Crippen LogP contribution in [0.25, 0.3) is 0 Å². The predicted molar refractivity (Wildman–Crippen MR) is 109 cm³/mol. The standard InChI is InChI=1S/C22H33N3O/c1-3-4-5-6-7-8-10-18-12-13-19(15-17(18)2)22-24-21(16-26-25-22)20-11-9-14-23-20/h12-13,15,20,23H,3-11,14,16H2,1-2H3/t20-/m0/s1. The van der Waals surface area contributed by atoms with Gasteiger partial charge in [-0.3, -0.25) is 0 Å². The topological polar surface area (TPSA) is 46.0 Å². The number of hydrogen-bond acceptors (Lipinski definition) is 4. The van der Waals surface area contributed by atoms with Gasteiger partial charge in [0.2, 0.25) is 0 Å². The predicted octanol–water partition coefficient (Wildman–Crippen LogP) is 4.78. The number of nitrogens with one attached hydrogen (secondary N) is 1. The Morgan fingerprint density at radius 3 is 2.77 bits per heavy atom. The summed E-state index contributed by atoms with van der Waals surface area (Å²) >= 11 is 0. The van der Waals surface area contributed by atoms with Gasteiger partial charge in [0.25, 0.3) is 0 Å². The summed E-state index contributed by atoms with van der Waals surface area (Å²) in [6.07, 6.45) is 11.6. The Hall–Kier alpha value is -1.68. The SMILES string of the molecule is CCCCCCCCc1ccc(C2=NOCC([C@@H]3CCCN3)=N2)cc1C. The zero-order valence-electron chi connectivity index (χ0n) is 16.4. The monoisotopic (exact) mass is 355 g/mol. The molecule has 1 saturated heterocycles. The Bertz CT molecular complexity index is 645. The van der Waals surface area contributed by atoms with Crippen LogP contribution in [0.1, 0.15) is 75.0 Å². The van der Waals surface area contributed by atoms with Crippen LogP contribution in [0.4, 0.5) is 0 Å². The van der Waals surface area contributed by atoms with Gasteiger partial charge >= 0.3 is 0 Å². The van der Waals surface area contributed by atoms with E-state index in [-0.39, 0.29) is 0 Å². The first-order valence-electron chi connectivity index (χ1n) is 10.4. The Balaban J connectivity index is 1.57. The van der Waals surface area contributed by atoms with Crippen molar-refractivity contribution in [3.8, 4) is 0 Å².